The van der Waals surface area contributed by atoms with E-state index in [1.807, 2.05) is 20.8 Å². The summed E-state index contributed by atoms with van der Waals surface area (Å²) in [7, 11) is -1.46. The van der Waals surface area contributed by atoms with Crippen LogP contribution in [0.4, 0.5) is 0 Å². The van der Waals surface area contributed by atoms with Crippen LogP contribution in [0.25, 0.3) is 0 Å². The number of hydrogen-bond acceptors (Lipinski definition) is 3. The lowest BCUT2D eigenvalue weighted by Gasteiger charge is -2.24. The molecule has 0 aromatic heterocycles. The Hall–Kier alpha value is -0.130. The first-order chi connectivity index (χ1) is 6.81. The molecular weight excluding hydrogens is 212 g/mol. The van der Waals surface area contributed by atoms with E-state index in [9.17, 15) is 8.42 Å². The minimum atomic E-state index is -3.10. The highest BCUT2D eigenvalue weighted by molar-refractivity contribution is 7.89. The van der Waals surface area contributed by atoms with Gasteiger partial charge in [-0.1, -0.05) is 13.8 Å². The Kier molecular flexibility index (Phi) is 6.40. The van der Waals surface area contributed by atoms with E-state index in [0.717, 1.165) is 0 Å². The molecule has 0 amide bonds. The highest BCUT2D eigenvalue weighted by Gasteiger charge is 2.22. The van der Waals surface area contributed by atoms with Crippen molar-refractivity contribution in [1.29, 1.82) is 0 Å². The summed E-state index contributed by atoms with van der Waals surface area (Å²) in [5, 5.41) is 0. The van der Waals surface area contributed by atoms with Gasteiger partial charge in [0.25, 0.3) is 0 Å². The van der Waals surface area contributed by atoms with Crippen LogP contribution in [0.2, 0.25) is 0 Å². The first-order valence-electron chi connectivity index (χ1n) is 5.47. The molecule has 0 aliphatic heterocycles. The van der Waals surface area contributed by atoms with Gasteiger partial charge in [-0.05, 0) is 32.2 Å². The van der Waals surface area contributed by atoms with Crippen LogP contribution in [0, 0.1) is 5.92 Å². The predicted molar refractivity (Wildman–Crippen MR) is 64.1 cm³/mol. The molecule has 0 aromatic carbocycles. The van der Waals surface area contributed by atoms with E-state index in [2.05, 4.69) is 0 Å². The van der Waals surface area contributed by atoms with Crippen LogP contribution in [0.5, 0.6) is 0 Å². The largest absolute Gasteiger partial charge is 0.330 e. The zero-order valence-corrected chi connectivity index (χ0v) is 11.0. The predicted octanol–water partition coefficient (Wildman–Crippen LogP) is 1.03. The lowest BCUT2D eigenvalue weighted by molar-refractivity contribution is 0.372. The van der Waals surface area contributed by atoms with Gasteiger partial charge in [0.15, 0.2) is 0 Å². The molecule has 5 heteroatoms. The third-order valence-electron chi connectivity index (χ3n) is 2.60. The summed E-state index contributed by atoms with van der Waals surface area (Å²) >= 11 is 0. The molecule has 0 aliphatic carbocycles. The SMILES string of the molecule is CC(C)CCS(=O)(=O)N(C)C(C)CCN. The first kappa shape index (κ1) is 14.9. The topological polar surface area (TPSA) is 63.4 Å². The molecule has 1 unspecified atom stereocenters. The summed E-state index contributed by atoms with van der Waals surface area (Å²) in [4.78, 5) is 0. The Bertz CT molecular complexity index is 263. The monoisotopic (exact) mass is 236 g/mol. The van der Waals surface area contributed by atoms with E-state index in [1.165, 1.54) is 4.31 Å². The summed E-state index contributed by atoms with van der Waals surface area (Å²) in [5.41, 5.74) is 5.41. The van der Waals surface area contributed by atoms with Gasteiger partial charge in [0, 0.05) is 13.1 Å². The molecule has 0 saturated carbocycles. The fraction of sp³-hybridized carbons (Fsp3) is 1.00. The molecule has 0 bridgehead atoms. The van der Waals surface area contributed by atoms with Gasteiger partial charge in [0.05, 0.1) is 5.75 Å². The summed E-state index contributed by atoms with van der Waals surface area (Å²) in [6.07, 6.45) is 1.42. The Morgan fingerprint density at radius 2 is 1.73 bits per heavy atom. The Balaban J connectivity index is 4.32. The van der Waals surface area contributed by atoms with Crippen molar-refractivity contribution in [3.63, 3.8) is 0 Å². The van der Waals surface area contributed by atoms with E-state index in [1.54, 1.807) is 7.05 Å². The van der Waals surface area contributed by atoms with Gasteiger partial charge in [-0.3, -0.25) is 0 Å². The van der Waals surface area contributed by atoms with Crippen LogP contribution >= 0.6 is 0 Å². The number of rotatable bonds is 7. The Labute approximate surface area is 93.9 Å². The lowest BCUT2D eigenvalue weighted by Crippen LogP contribution is -2.38. The van der Waals surface area contributed by atoms with Crippen LogP contribution in [0.15, 0.2) is 0 Å². The third kappa shape index (κ3) is 5.49. The van der Waals surface area contributed by atoms with Crippen molar-refractivity contribution >= 4 is 10.0 Å². The summed E-state index contributed by atoms with van der Waals surface area (Å²) in [6.45, 7) is 6.46. The maximum absolute atomic E-state index is 11.8. The van der Waals surface area contributed by atoms with Crippen LogP contribution in [-0.4, -0.2) is 38.1 Å². The summed E-state index contributed by atoms with van der Waals surface area (Å²) in [6, 6.07) is -0.00726. The van der Waals surface area contributed by atoms with E-state index in [-0.39, 0.29) is 11.8 Å². The molecule has 15 heavy (non-hydrogen) atoms. The van der Waals surface area contributed by atoms with Crippen molar-refractivity contribution in [2.45, 2.75) is 39.7 Å². The standard InChI is InChI=1S/C10H24N2O2S/c1-9(2)6-8-15(13,14)12(4)10(3)5-7-11/h9-10H,5-8,11H2,1-4H3. The summed E-state index contributed by atoms with van der Waals surface area (Å²) < 4.78 is 25.1. The first-order valence-corrected chi connectivity index (χ1v) is 7.08. The molecule has 92 valence electrons. The third-order valence-corrected chi connectivity index (χ3v) is 4.59. The Morgan fingerprint density at radius 3 is 2.13 bits per heavy atom. The maximum atomic E-state index is 11.8. The highest BCUT2D eigenvalue weighted by Crippen LogP contribution is 2.11. The number of sulfonamides is 1. The fourth-order valence-electron chi connectivity index (χ4n) is 1.23. The molecule has 2 N–H and O–H groups in total. The van der Waals surface area contributed by atoms with Gasteiger partial charge >= 0.3 is 0 Å². The normalized spacial score (nSPS) is 14.9. The molecule has 1 atom stereocenters. The summed E-state index contributed by atoms with van der Waals surface area (Å²) in [5.74, 6) is 0.647. The van der Waals surface area contributed by atoms with Crippen LogP contribution in [0.1, 0.15) is 33.6 Å². The van der Waals surface area contributed by atoms with E-state index in [4.69, 9.17) is 5.73 Å². The molecule has 0 heterocycles. The quantitative estimate of drug-likeness (QED) is 0.718. The molecular formula is C10H24N2O2S. The molecule has 0 aliphatic rings. The number of nitrogens with two attached hydrogens (primary N) is 1. The smallest absolute Gasteiger partial charge is 0.214 e. The van der Waals surface area contributed by atoms with Crippen molar-refractivity contribution in [3.8, 4) is 0 Å². The molecule has 0 rings (SSSR count). The second-order valence-corrected chi connectivity index (χ2v) is 6.59. The second-order valence-electron chi connectivity index (χ2n) is 4.44. The van der Waals surface area contributed by atoms with Gasteiger partial charge in [0.2, 0.25) is 10.0 Å². The molecule has 0 aromatic rings. The lowest BCUT2D eigenvalue weighted by atomic mass is 10.2. The van der Waals surface area contributed by atoms with Crippen LogP contribution in [-0.2, 0) is 10.0 Å². The Morgan fingerprint density at radius 1 is 1.20 bits per heavy atom. The minimum absolute atomic E-state index is 0.00726. The van der Waals surface area contributed by atoms with Gasteiger partial charge in [0.1, 0.15) is 0 Å². The van der Waals surface area contributed by atoms with Gasteiger partial charge in [-0.2, -0.15) is 0 Å². The van der Waals surface area contributed by atoms with Crippen molar-refractivity contribution in [3.05, 3.63) is 0 Å². The van der Waals surface area contributed by atoms with E-state index in [0.29, 0.717) is 25.3 Å². The average Bonchev–Trinajstić information content (AvgIpc) is 2.14. The van der Waals surface area contributed by atoms with Crippen molar-refractivity contribution < 1.29 is 8.42 Å². The highest BCUT2D eigenvalue weighted by atomic mass is 32.2. The van der Waals surface area contributed by atoms with Gasteiger partial charge in [-0.15, -0.1) is 0 Å². The van der Waals surface area contributed by atoms with Crippen LogP contribution in [0.3, 0.4) is 0 Å². The fourth-order valence-corrected chi connectivity index (χ4v) is 2.94. The average molecular weight is 236 g/mol. The second kappa shape index (κ2) is 6.45. The molecule has 0 fully saturated rings. The number of hydrogen-bond donors (Lipinski definition) is 1. The van der Waals surface area contributed by atoms with Crippen LogP contribution < -0.4 is 5.73 Å². The van der Waals surface area contributed by atoms with Gasteiger partial charge in [-0.25, -0.2) is 12.7 Å². The van der Waals surface area contributed by atoms with Crippen molar-refractivity contribution in [1.82, 2.24) is 4.31 Å². The maximum Gasteiger partial charge on any atom is 0.214 e. The molecule has 0 radical (unpaired) electrons. The molecule has 0 saturated heterocycles. The van der Waals surface area contributed by atoms with E-state index >= 15 is 0 Å². The molecule has 4 nitrogen and oxygen atoms in total. The molecule has 0 spiro atoms. The van der Waals surface area contributed by atoms with Gasteiger partial charge < -0.3 is 5.73 Å². The minimum Gasteiger partial charge on any atom is -0.330 e. The zero-order chi connectivity index (χ0) is 12.1. The number of nitrogens with zero attached hydrogens (tertiary/aromatic N) is 1. The van der Waals surface area contributed by atoms with E-state index < -0.39 is 10.0 Å². The van der Waals surface area contributed by atoms with Crippen molar-refractivity contribution in [2.75, 3.05) is 19.3 Å². The zero-order valence-electron chi connectivity index (χ0n) is 10.2. The van der Waals surface area contributed by atoms with Crippen molar-refractivity contribution in [2.24, 2.45) is 11.7 Å².